The SMILES string of the molecule is CC(C)(C)N=C(C(=O)NC(C)(C)C)C1CCCC1. The van der Waals surface area contributed by atoms with E-state index in [0.717, 1.165) is 18.6 Å². The molecular formula is C15H28N2O. The van der Waals surface area contributed by atoms with Crippen LogP contribution < -0.4 is 5.32 Å². The van der Waals surface area contributed by atoms with Gasteiger partial charge in [0.25, 0.3) is 5.91 Å². The molecule has 1 fully saturated rings. The Morgan fingerprint density at radius 2 is 1.56 bits per heavy atom. The van der Waals surface area contributed by atoms with E-state index in [4.69, 9.17) is 0 Å². The second-order valence-corrected chi connectivity index (χ2v) is 7.35. The van der Waals surface area contributed by atoms with Gasteiger partial charge in [0.2, 0.25) is 0 Å². The molecule has 1 amide bonds. The van der Waals surface area contributed by atoms with Crippen LogP contribution in [0.5, 0.6) is 0 Å². The van der Waals surface area contributed by atoms with E-state index in [1.807, 2.05) is 41.5 Å². The van der Waals surface area contributed by atoms with Gasteiger partial charge in [-0.1, -0.05) is 12.8 Å². The van der Waals surface area contributed by atoms with E-state index in [0.29, 0.717) is 5.92 Å². The Bertz CT molecular complexity index is 325. The molecule has 0 aromatic carbocycles. The molecule has 0 saturated heterocycles. The van der Waals surface area contributed by atoms with E-state index in [1.165, 1.54) is 12.8 Å². The molecule has 0 heterocycles. The van der Waals surface area contributed by atoms with Gasteiger partial charge < -0.3 is 5.32 Å². The van der Waals surface area contributed by atoms with Gasteiger partial charge in [-0.25, -0.2) is 0 Å². The standard InChI is InChI=1S/C15H28N2O/c1-14(2,3)16-12(11-9-7-8-10-11)13(18)17-15(4,5)6/h11H,7-10H2,1-6H3,(H,17,18). The highest BCUT2D eigenvalue weighted by molar-refractivity contribution is 6.40. The third-order valence-electron chi connectivity index (χ3n) is 2.92. The van der Waals surface area contributed by atoms with Crippen LogP contribution in [0.4, 0.5) is 0 Å². The third-order valence-corrected chi connectivity index (χ3v) is 2.92. The highest BCUT2D eigenvalue weighted by Gasteiger charge is 2.29. The summed E-state index contributed by atoms with van der Waals surface area (Å²) in [6.07, 6.45) is 4.65. The Balaban J connectivity index is 2.90. The molecule has 0 unspecified atom stereocenters. The summed E-state index contributed by atoms with van der Waals surface area (Å²) in [5, 5.41) is 3.05. The number of amides is 1. The van der Waals surface area contributed by atoms with E-state index in [1.54, 1.807) is 0 Å². The first kappa shape index (κ1) is 15.2. The molecular weight excluding hydrogens is 224 g/mol. The lowest BCUT2D eigenvalue weighted by Crippen LogP contribution is -2.46. The van der Waals surface area contributed by atoms with Crippen LogP contribution in [-0.4, -0.2) is 22.7 Å². The average Bonchev–Trinajstić information content (AvgIpc) is 2.61. The number of hydrogen-bond acceptors (Lipinski definition) is 2. The van der Waals surface area contributed by atoms with Crippen molar-refractivity contribution in [2.75, 3.05) is 0 Å². The van der Waals surface area contributed by atoms with Crippen molar-refractivity contribution >= 4 is 11.6 Å². The quantitative estimate of drug-likeness (QED) is 0.752. The second kappa shape index (κ2) is 5.41. The Labute approximate surface area is 111 Å². The Morgan fingerprint density at radius 3 is 1.94 bits per heavy atom. The first-order valence-corrected chi connectivity index (χ1v) is 7.01. The summed E-state index contributed by atoms with van der Waals surface area (Å²) in [7, 11) is 0. The van der Waals surface area contributed by atoms with Crippen LogP contribution in [0.3, 0.4) is 0 Å². The molecule has 1 saturated carbocycles. The highest BCUT2D eigenvalue weighted by atomic mass is 16.2. The molecule has 1 N–H and O–H groups in total. The van der Waals surface area contributed by atoms with Crippen molar-refractivity contribution in [3.63, 3.8) is 0 Å². The van der Waals surface area contributed by atoms with Gasteiger partial charge in [-0.3, -0.25) is 9.79 Å². The average molecular weight is 252 g/mol. The van der Waals surface area contributed by atoms with Crippen molar-refractivity contribution in [3.05, 3.63) is 0 Å². The lowest BCUT2D eigenvalue weighted by Gasteiger charge is -2.25. The third kappa shape index (κ3) is 5.19. The van der Waals surface area contributed by atoms with E-state index in [-0.39, 0.29) is 17.0 Å². The van der Waals surface area contributed by atoms with Gasteiger partial charge in [0, 0.05) is 11.5 Å². The van der Waals surface area contributed by atoms with Crippen LogP contribution in [0.2, 0.25) is 0 Å². The number of carbonyl (C=O) groups is 1. The minimum atomic E-state index is -0.200. The van der Waals surface area contributed by atoms with Crippen LogP contribution >= 0.6 is 0 Å². The van der Waals surface area contributed by atoms with Crippen molar-refractivity contribution in [2.24, 2.45) is 10.9 Å². The number of rotatable bonds is 2. The smallest absolute Gasteiger partial charge is 0.265 e. The summed E-state index contributed by atoms with van der Waals surface area (Å²) < 4.78 is 0. The molecule has 0 aromatic heterocycles. The molecule has 104 valence electrons. The van der Waals surface area contributed by atoms with Crippen molar-refractivity contribution < 1.29 is 4.79 Å². The predicted octanol–water partition coefficient (Wildman–Crippen LogP) is 3.33. The summed E-state index contributed by atoms with van der Waals surface area (Å²) in [4.78, 5) is 17.1. The van der Waals surface area contributed by atoms with Crippen molar-refractivity contribution in [3.8, 4) is 0 Å². The summed E-state index contributed by atoms with van der Waals surface area (Å²) >= 11 is 0. The molecule has 3 heteroatoms. The lowest BCUT2D eigenvalue weighted by molar-refractivity contribution is -0.116. The monoisotopic (exact) mass is 252 g/mol. The van der Waals surface area contributed by atoms with Crippen LogP contribution in [0, 0.1) is 5.92 Å². The maximum absolute atomic E-state index is 12.4. The Kier molecular flexibility index (Phi) is 4.57. The first-order valence-electron chi connectivity index (χ1n) is 7.01. The zero-order chi connectivity index (χ0) is 14.0. The second-order valence-electron chi connectivity index (χ2n) is 7.35. The molecule has 0 radical (unpaired) electrons. The van der Waals surface area contributed by atoms with Gasteiger partial charge in [-0.05, 0) is 54.4 Å². The van der Waals surface area contributed by atoms with E-state index in [2.05, 4.69) is 10.3 Å². The molecule has 1 rings (SSSR count). The fourth-order valence-electron chi connectivity index (χ4n) is 2.29. The van der Waals surface area contributed by atoms with Crippen LogP contribution in [0.25, 0.3) is 0 Å². The molecule has 0 aliphatic heterocycles. The molecule has 0 aromatic rings. The minimum absolute atomic E-state index is 0.0179. The number of nitrogens with one attached hydrogen (secondary N) is 1. The lowest BCUT2D eigenvalue weighted by atomic mass is 9.98. The van der Waals surface area contributed by atoms with Gasteiger partial charge in [0.15, 0.2) is 0 Å². The Hall–Kier alpha value is -0.860. The topological polar surface area (TPSA) is 41.5 Å². The number of carbonyl (C=O) groups excluding carboxylic acids is 1. The van der Waals surface area contributed by atoms with Crippen LogP contribution in [0.1, 0.15) is 67.2 Å². The van der Waals surface area contributed by atoms with E-state index < -0.39 is 0 Å². The fourth-order valence-corrected chi connectivity index (χ4v) is 2.29. The maximum Gasteiger partial charge on any atom is 0.265 e. The van der Waals surface area contributed by atoms with E-state index >= 15 is 0 Å². The first-order chi connectivity index (χ1) is 8.08. The van der Waals surface area contributed by atoms with Gasteiger partial charge in [0.05, 0.1) is 5.54 Å². The fraction of sp³-hybridized carbons (Fsp3) is 0.867. The molecule has 1 aliphatic rings. The van der Waals surface area contributed by atoms with Crippen molar-refractivity contribution in [1.82, 2.24) is 5.32 Å². The van der Waals surface area contributed by atoms with Gasteiger partial charge in [0.1, 0.15) is 5.71 Å². The molecule has 3 nitrogen and oxygen atoms in total. The summed E-state index contributed by atoms with van der Waals surface area (Å²) in [5.74, 6) is 0.371. The molecule has 0 spiro atoms. The molecule has 0 bridgehead atoms. The molecule has 18 heavy (non-hydrogen) atoms. The normalized spacial score (nSPS) is 19.1. The van der Waals surface area contributed by atoms with E-state index in [9.17, 15) is 4.79 Å². The van der Waals surface area contributed by atoms with Crippen LogP contribution in [-0.2, 0) is 4.79 Å². The number of hydrogen-bond donors (Lipinski definition) is 1. The van der Waals surface area contributed by atoms with Crippen molar-refractivity contribution in [2.45, 2.75) is 78.3 Å². The minimum Gasteiger partial charge on any atom is -0.346 e. The summed E-state index contributed by atoms with van der Waals surface area (Å²) in [5.41, 5.74) is 0.372. The largest absolute Gasteiger partial charge is 0.346 e. The summed E-state index contributed by atoms with van der Waals surface area (Å²) in [6, 6.07) is 0. The van der Waals surface area contributed by atoms with Gasteiger partial charge >= 0.3 is 0 Å². The molecule has 0 atom stereocenters. The number of nitrogens with zero attached hydrogens (tertiary/aromatic N) is 1. The Morgan fingerprint density at radius 1 is 1.06 bits per heavy atom. The van der Waals surface area contributed by atoms with Gasteiger partial charge in [-0.2, -0.15) is 0 Å². The van der Waals surface area contributed by atoms with Crippen molar-refractivity contribution in [1.29, 1.82) is 0 Å². The highest BCUT2D eigenvalue weighted by Crippen LogP contribution is 2.27. The maximum atomic E-state index is 12.4. The van der Waals surface area contributed by atoms with Crippen LogP contribution in [0.15, 0.2) is 4.99 Å². The summed E-state index contributed by atoms with van der Waals surface area (Å²) in [6.45, 7) is 12.2. The zero-order valence-electron chi connectivity index (χ0n) is 12.8. The molecule has 1 aliphatic carbocycles. The number of aliphatic imine (C=N–C) groups is 1. The van der Waals surface area contributed by atoms with Gasteiger partial charge in [-0.15, -0.1) is 0 Å². The predicted molar refractivity (Wildman–Crippen MR) is 77.0 cm³/mol. The zero-order valence-corrected chi connectivity index (χ0v) is 12.8.